The van der Waals surface area contributed by atoms with Crippen LogP contribution in [0.25, 0.3) is 0 Å². The van der Waals surface area contributed by atoms with E-state index in [4.69, 9.17) is 10.5 Å². The lowest BCUT2D eigenvalue weighted by Gasteiger charge is -2.25. The molecule has 0 saturated carbocycles. The van der Waals surface area contributed by atoms with Crippen LogP contribution in [0.3, 0.4) is 0 Å². The van der Waals surface area contributed by atoms with Crippen LogP contribution in [0.1, 0.15) is 11.6 Å². The summed E-state index contributed by atoms with van der Waals surface area (Å²) in [6, 6.07) is 13.9. The predicted octanol–water partition coefficient (Wildman–Crippen LogP) is 2.97. The molecule has 0 aliphatic heterocycles. The number of anilines is 1. The molecule has 0 aromatic heterocycles. The minimum atomic E-state index is -0.397. The summed E-state index contributed by atoms with van der Waals surface area (Å²) in [5, 5.41) is 0. The van der Waals surface area contributed by atoms with E-state index in [1.54, 1.807) is 25.3 Å². The van der Waals surface area contributed by atoms with Crippen molar-refractivity contribution >= 4 is 5.69 Å². The van der Waals surface area contributed by atoms with Gasteiger partial charge in [0.2, 0.25) is 0 Å². The van der Waals surface area contributed by atoms with E-state index in [1.807, 2.05) is 36.2 Å². The summed E-state index contributed by atoms with van der Waals surface area (Å²) in [6.07, 6.45) is 0. The van der Waals surface area contributed by atoms with E-state index >= 15 is 0 Å². The van der Waals surface area contributed by atoms with Crippen LogP contribution in [0.15, 0.2) is 48.5 Å². The summed E-state index contributed by atoms with van der Waals surface area (Å²) in [7, 11) is 3.54. The van der Waals surface area contributed by atoms with E-state index in [0.29, 0.717) is 12.1 Å². The predicted molar refractivity (Wildman–Crippen MR) is 79.6 cm³/mol. The molecule has 2 aromatic carbocycles. The third-order valence-corrected chi connectivity index (χ3v) is 3.27. The number of benzene rings is 2. The fourth-order valence-corrected chi connectivity index (χ4v) is 2.21. The normalized spacial score (nSPS) is 12.0. The molecule has 0 heterocycles. The highest BCUT2D eigenvalue weighted by Crippen LogP contribution is 2.28. The van der Waals surface area contributed by atoms with Gasteiger partial charge in [0, 0.05) is 19.2 Å². The zero-order valence-electron chi connectivity index (χ0n) is 11.7. The first kappa shape index (κ1) is 14.3. The summed E-state index contributed by atoms with van der Waals surface area (Å²) >= 11 is 0. The maximum absolute atomic E-state index is 13.7. The maximum Gasteiger partial charge on any atom is 0.142 e. The number of ether oxygens (including phenoxy) is 1. The van der Waals surface area contributed by atoms with Crippen molar-refractivity contribution in [3.63, 3.8) is 0 Å². The van der Waals surface area contributed by atoms with Crippen LogP contribution >= 0.6 is 0 Å². The van der Waals surface area contributed by atoms with Crippen molar-refractivity contribution in [2.45, 2.75) is 6.04 Å². The van der Waals surface area contributed by atoms with Crippen molar-refractivity contribution in [2.24, 2.45) is 5.73 Å². The number of likely N-dealkylation sites (N-methyl/N-ethyl adjacent to an activating group) is 1. The second-order valence-electron chi connectivity index (χ2n) is 4.68. The molecule has 1 unspecified atom stereocenters. The van der Waals surface area contributed by atoms with E-state index in [9.17, 15) is 4.39 Å². The number of nitrogens with zero attached hydrogens (tertiary/aromatic N) is 1. The van der Waals surface area contributed by atoms with Crippen LogP contribution in [0.5, 0.6) is 5.75 Å². The second-order valence-corrected chi connectivity index (χ2v) is 4.68. The van der Waals surface area contributed by atoms with Crippen molar-refractivity contribution in [3.05, 3.63) is 59.9 Å². The van der Waals surface area contributed by atoms with Crippen LogP contribution in [-0.4, -0.2) is 20.7 Å². The molecule has 4 heteroatoms. The van der Waals surface area contributed by atoms with E-state index < -0.39 is 6.04 Å². The Morgan fingerprint density at radius 3 is 2.50 bits per heavy atom. The molecule has 2 rings (SSSR count). The van der Waals surface area contributed by atoms with Crippen LogP contribution in [-0.2, 0) is 0 Å². The fourth-order valence-electron chi connectivity index (χ4n) is 2.21. The molecule has 2 aromatic rings. The second kappa shape index (κ2) is 6.39. The Bertz CT molecular complexity index is 574. The summed E-state index contributed by atoms with van der Waals surface area (Å²) < 4.78 is 19.0. The van der Waals surface area contributed by atoms with Gasteiger partial charge in [-0.3, -0.25) is 0 Å². The Balaban J connectivity index is 2.15. The van der Waals surface area contributed by atoms with Gasteiger partial charge in [-0.15, -0.1) is 0 Å². The van der Waals surface area contributed by atoms with E-state index in [0.717, 1.165) is 11.4 Å². The van der Waals surface area contributed by atoms with E-state index in [1.165, 1.54) is 6.07 Å². The first-order valence-corrected chi connectivity index (χ1v) is 6.47. The number of halogens is 1. The molecule has 0 radical (unpaired) electrons. The number of nitrogens with two attached hydrogens (primary N) is 1. The van der Waals surface area contributed by atoms with Crippen LogP contribution in [0.4, 0.5) is 10.1 Å². The number of para-hydroxylation sites is 2. The standard InChI is InChI=1S/C16H19FN2O/c1-19(15-9-5-6-10-16(15)20-2)11-14(18)12-7-3-4-8-13(12)17/h3-10,14H,11,18H2,1-2H3. The fraction of sp³-hybridized carbons (Fsp3) is 0.250. The summed E-state index contributed by atoms with van der Waals surface area (Å²) in [4.78, 5) is 1.97. The molecule has 0 bridgehead atoms. The van der Waals surface area contributed by atoms with Gasteiger partial charge in [-0.05, 0) is 18.2 Å². The minimum Gasteiger partial charge on any atom is -0.495 e. The molecule has 0 spiro atoms. The van der Waals surface area contributed by atoms with E-state index in [2.05, 4.69) is 0 Å². The van der Waals surface area contributed by atoms with Crippen molar-refractivity contribution < 1.29 is 9.13 Å². The highest BCUT2D eigenvalue weighted by molar-refractivity contribution is 5.58. The van der Waals surface area contributed by atoms with Crippen molar-refractivity contribution in [3.8, 4) is 5.75 Å². The van der Waals surface area contributed by atoms with Gasteiger partial charge in [0.05, 0.1) is 18.8 Å². The Hall–Kier alpha value is -2.07. The maximum atomic E-state index is 13.7. The molecule has 0 saturated heterocycles. The third-order valence-electron chi connectivity index (χ3n) is 3.27. The molecule has 3 nitrogen and oxygen atoms in total. The molecule has 0 fully saturated rings. The van der Waals surface area contributed by atoms with Crippen LogP contribution in [0, 0.1) is 5.82 Å². The van der Waals surface area contributed by atoms with Gasteiger partial charge in [0.1, 0.15) is 11.6 Å². The Morgan fingerprint density at radius 1 is 1.15 bits per heavy atom. The molecule has 106 valence electrons. The topological polar surface area (TPSA) is 38.5 Å². The zero-order valence-corrected chi connectivity index (χ0v) is 11.7. The molecule has 2 N–H and O–H groups in total. The molecule has 0 aliphatic rings. The average Bonchev–Trinajstić information content (AvgIpc) is 2.47. The number of hydrogen-bond acceptors (Lipinski definition) is 3. The quantitative estimate of drug-likeness (QED) is 0.911. The van der Waals surface area contributed by atoms with Gasteiger partial charge in [0.25, 0.3) is 0 Å². The lowest BCUT2D eigenvalue weighted by molar-refractivity contribution is 0.414. The third kappa shape index (κ3) is 3.08. The van der Waals surface area contributed by atoms with Crippen molar-refractivity contribution in [1.82, 2.24) is 0 Å². The van der Waals surface area contributed by atoms with Crippen molar-refractivity contribution in [1.29, 1.82) is 0 Å². The SMILES string of the molecule is COc1ccccc1N(C)CC(N)c1ccccc1F. The van der Waals surface area contributed by atoms with Gasteiger partial charge in [-0.1, -0.05) is 30.3 Å². The number of rotatable bonds is 5. The highest BCUT2D eigenvalue weighted by Gasteiger charge is 2.15. The number of methoxy groups -OCH3 is 1. The first-order valence-electron chi connectivity index (χ1n) is 6.47. The van der Waals surface area contributed by atoms with Crippen LogP contribution < -0.4 is 15.4 Å². The van der Waals surface area contributed by atoms with Gasteiger partial charge in [0.15, 0.2) is 0 Å². The largest absolute Gasteiger partial charge is 0.495 e. The summed E-state index contributed by atoms with van der Waals surface area (Å²) in [5.41, 5.74) is 7.56. The van der Waals surface area contributed by atoms with Crippen LogP contribution in [0.2, 0.25) is 0 Å². The molecule has 20 heavy (non-hydrogen) atoms. The van der Waals surface area contributed by atoms with Gasteiger partial charge < -0.3 is 15.4 Å². The summed E-state index contributed by atoms with van der Waals surface area (Å²) in [5.74, 6) is 0.504. The van der Waals surface area contributed by atoms with Gasteiger partial charge in [-0.2, -0.15) is 0 Å². The Kier molecular flexibility index (Phi) is 4.58. The Morgan fingerprint density at radius 2 is 1.80 bits per heavy atom. The van der Waals surface area contributed by atoms with E-state index in [-0.39, 0.29) is 5.82 Å². The first-order chi connectivity index (χ1) is 9.63. The smallest absolute Gasteiger partial charge is 0.142 e. The zero-order chi connectivity index (χ0) is 14.5. The lowest BCUT2D eigenvalue weighted by atomic mass is 10.1. The number of hydrogen-bond donors (Lipinski definition) is 1. The summed E-state index contributed by atoms with van der Waals surface area (Å²) in [6.45, 7) is 0.501. The van der Waals surface area contributed by atoms with Gasteiger partial charge >= 0.3 is 0 Å². The average molecular weight is 274 g/mol. The Labute approximate surface area is 118 Å². The monoisotopic (exact) mass is 274 g/mol. The lowest BCUT2D eigenvalue weighted by Crippen LogP contribution is -2.29. The molecule has 0 amide bonds. The minimum absolute atomic E-state index is 0.270. The molecular weight excluding hydrogens is 255 g/mol. The van der Waals surface area contributed by atoms with Crippen molar-refractivity contribution in [2.75, 3.05) is 25.6 Å². The molecular formula is C16H19FN2O. The molecule has 0 aliphatic carbocycles. The highest BCUT2D eigenvalue weighted by atomic mass is 19.1. The van der Waals surface area contributed by atoms with Gasteiger partial charge in [-0.25, -0.2) is 4.39 Å². The molecule has 1 atom stereocenters.